The first-order valence-corrected chi connectivity index (χ1v) is 10.5. The Bertz CT molecular complexity index is 1070. The number of methoxy groups -OCH3 is 3. The van der Waals surface area contributed by atoms with Crippen LogP contribution in [-0.4, -0.2) is 45.3 Å². The highest BCUT2D eigenvalue weighted by Gasteiger charge is 2.33. The van der Waals surface area contributed by atoms with E-state index < -0.39 is 0 Å². The lowest BCUT2D eigenvalue weighted by Crippen LogP contribution is -2.42. The van der Waals surface area contributed by atoms with Crippen LogP contribution in [0.4, 0.5) is 0 Å². The molecule has 166 valence electrons. The van der Waals surface area contributed by atoms with Gasteiger partial charge in [0.25, 0.3) is 5.91 Å². The molecule has 0 bridgehead atoms. The highest BCUT2D eigenvalue weighted by molar-refractivity contribution is 5.94. The van der Waals surface area contributed by atoms with Crippen LogP contribution in [0, 0.1) is 0 Å². The molecule has 0 fully saturated rings. The molecule has 4 rings (SSSR count). The summed E-state index contributed by atoms with van der Waals surface area (Å²) in [6.45, 7) is 0.903. The van der Waals surface area contributed by atoms with Gasteiger partial charge in [0.15, 0.2) is 11.5 Å². The predicted octanol–water partition coefficient (Wildman–Crippen LogP) is 4.53. The van der Waals surface area contributed by atoms with E-state index in [0.29, 0.717) is 36.0 Å². The van der Waals surface area contributed by atoms with Crippen molar-refractivity contribution in [3.8, 4) is 23.0 Å². The number of hydrogen-bond acceptors (Lipinski definition) is 5. The fourth-order valence-corrected chi connectivity index (χ4v) is 4.04. The molecule has 1 heterocycles. The van der Waals surface area contributed by atoms with Crippen molar-refractivity contribution in [3.05, 3.63) is 83.4 Å². The zero-order chi connectivity index (χ0) is 22.5. The van der Waals surface area contributed by atoms with Crippen LogP contribution in [0.15, 0.2) is 66.7 Å². The zero-order valence-electron chi connectivity index (χ0n) is 18.5. The molecule has 3 aromatic rings. The van der Waals surface area contributed by atoms with E-state index in [1.807, 2.05) is 71.6 Å². The van der Waals surface area contributed by atoms with Crippen molar-refractivity contribution in [3.63, 3.8) is 0 Å². The number of nitrogens with zero attached hydrogens (tertiary/aromatic N) is 1. The number of fused-ring (bicyclic) bond motifs is 1. The van der Waals surface area contributed by atoms with Crippen LogP contribution in [0.3, 0.4) is 0 Å². The lowest BCUT2D eigenvalue weighted by molar-refractivity contribution is 0.0589. The molecule has 1 aliphatic heterocycles. The molecule has 6 nitrogen and oxygen atoms in total. The van der Waals surface area contributed by atoms with Crippen LogP contribution in [0.2, 0.25) is 0 Å². The largest absolute Gasteiger partial charge is 0.497 e. The monoisotopic (exact) mass is 433 g/mol. The number of benzene rings is 3. The second kappa shape index (κ2) is 9.64. The van der Waals surface area contributed by atoms with E-state index in [2.05, 4.69) is 0 Å². The molecule has 0 aliphatic carbocycles. The Labute approximate surface area is 188 Å². The molecule has 1 amide bonds. The summed E-state index contributed by atoms with van der Waals surface area (Å²) in [5.41, 5.74) is 2.79. The number of ether oxygens (including phenoxy) is 4. The summed E-state index contributed by atoms with van der Waals surface area (Å²) >= 11 is 0. The van der Waals surface area contributed by atoms with Gasteiger partial charge in [-0.3, -0.25) is 4.79 Å². The molecule has 1 aliphatic rings. The first-order valence-electron chi connectivity index (χ1n) is 10.5. The second-order valence-corrected chi connectivity index (χ2v) is 7.52. The van der Waals surface area contributed by atoms with Crippen LogP contribution in [0.5, 0.6) is 23.0 Å². The van der Waals surface area contributed by atoms with E-state index in [1.165, 1.54) is 0 Å². The fourth-order valence-electron chi connectivity index (χ4n) is 4.04. The molecule has 32 heavy (non-hydrogen) atoms. The molecule has 0 radical (unpaired) electrons. The molecule has 0 unspecified atom stereocenters. The summed E-state index contributed by atoms with van der Waals surface area (Å²) in [6, 6.07) is 20.5. The van der Waals surface area contributed by atoms with Gasteiger partial charge >= 0.3 is 0 Å². The maximum absolute atomic E-state index is 13.4. The maximum Gasteiger partial charge on any atom is 0.254 e. The minimum Gasteiger partial charge on any atom is -0.497 e. The van der Waals surface area contributed by atoms with Crippen molar-refractivity contribution < 1.29 is 23.7 Å². The predicted molar refractivity (Wildman–Crippen MR) is 122 cm³/mol. The molecule has 0 saturated heterocycles. The summed E-state index contributed by atoms with van der Waals surface area (Å²) in [5, 5.41) is 0. The topological polar surface area (TPSA) is 57.2 Å². The Morgan fingerprint density at radius 3 is 2.19 bits per heavy atom. The van der Waals surface area contributed by atoms with E-state index in [0.717, 1.165) is 23.3 Å². The van der Waals surface area contributed by atoms with Crippen molar-refractivity contribution in [2.45, 2.75) is 12.5 Å². The third-order valence-electron chi connectivity index (χ3n) is 5.75. The standard InChI is InChI=1S/C26H27NO5/c1-29-20-9-11-21(12-10-20)32-17-23-22-16-25(31-3)24(30-2)15-19(22)13-14-27(23)26(28)18-7-5-4-6-8-18/h4-12,15-16,23H,13-14,17H2,1-3H3/t23-/m0/s1. The van der Waals surface area contributed by atoms with E-state index in [9.17, 15) is 4.79 Å². The van der Waals surface area contributed by atoms with Gasteiger partial charge in [0.1, 0.15) is 18.1 Å². The van der Waals surface area contributed by atoms with Gasteiger partial charge in [0, 0.05) is 12.1 Å². The van der Waals surface area contributed by atoms with Gasteiger partial charge in [0.05, 0.1) is 27.4 Å². The second-order valence-electron chi connectivity index (χ2n) is 7.52. The van der Waals surface area contributed by atoms with Crippen molar-refractivity contribution in [1.82, 2.24) is 4.90 Å². The lowest BCUT2D eigenvalue weighted by atomic mass is 9.91. The van der Waals surface area contributed by atoms with Crippen molar-refractivity contribution in [1.29, 1.82) is 0 Å². The molecule has 0 saturated carbocycles. The number of hydrogen-bond donors (Lipinski definition) is 0. The summed E-state index contributed by atoms with van der Waals surface area (Å²) in [7, 11) is 4.87. The number of carbonyl (C=O) groups is 1. The molecule has 0 aromatic heterocycles. The summed E-state index contributed by atoms with van der Waals surface area (Å²) in [4.78, 5) is 15.3. The Kier molecular flexibility index (Phi) is 6.50. The van der Waals surface area contributed by atoms with Gasteiger partial charge in [-0.2, -0.15) is 0 Å². The molecule has 0 N–H and O–H groups in total. The third kappa shape index (κ3) is 4.35. The molecular weight excluding hydrogens is 406 g/mol. The average Bonchev–Trinajstić information content (AvgIpc) is 2.86. The minimum absolute atomic E-state index is 0.0191. The molecular formula is C26H27NO5. The Morgan fingerprint density at radius 2 is 1.53 bits per heavy atom. The minimum atomic E-state index is -0.270. The highest BCUT2D eigenvalue weighted by atomic mass is 16.5. The van der Waals surface area contributed by atoms with Gasteiger partial charge in [-0.25, -0.2) is 0 Å². The van der Waals surface area contributed by atoms with Crippen molar-refractivity contribution >= 4 is 5.91 Å². The smallest absolute Gasteiger partial charge is 0.254 e. The Morgan fingerprint density at radius 1 is 0.875 bits per heavy atom. The van der Waals surface area contributed by atoms with E-state index >= 15 is 0 Å². The van der Waals surface area contributed by atoms with Crippen LogP contribution in [-0.2, 0) is 6.42 Å². The fraction of sp³-hybridized carbons (Fsp3) is 0.269. The SMILES string of the molecule is COc1ccc(OC[C@H]2c3cc(OC)c(OC)cc3CCN2C(=O)c2ccccc2)cc1. The molecule has 3 aromatic carbocycles. The van der Waals surface area contributed by atoms with Crippen LogP contribution in [0.25, 0.3) is 0 Å². The highest BCUT2D eigenvalue weighted by Crippen LogP contribution is 2.39. The van der Waals surface area contributed by atoms with Gasteiger partial charge < -0.3 is 23.8 Å². The maximum atomic E-state index is 13.4. The summed E-state index contributed by atoms with van der Waals surface area (Å²) in [6.07, 6.45) is 0.729. The first-order chi connectivity index (χ1) is 15.6. The molecule has 0 spiro atoms. The van der Waals surface area contributed by atoms with Crippen molar-refractivity contribution in [2.75, 3.05) is 34.5 Å². The molecule has 6 heteroatoms. The van der Waals surface area contributed by atoms with E-state index in [-0.39, 0.29) is 11.9 Å². The third-order valence-corrected chi connectivity index (χ3v) is 5.75. The zero-order valence-corrected chi connectivity index (χ0v) is 18.5. The number of carbonyl (C=O) groups excluding carboxylic acids is 1. The van der Waals surface area contributed by atoms with Gasteiger partial charge in [-0.1, -0.05) is 18.2 Å². The number of amides is 1. The van der Waals surface area contributed by atoms with Gasteiger partial charge in [-0.15, -0.1) is 0 Å². The van der Waals surface area contributed by atoms with Crippen LogP contribution >= 0.6 is 0 Å². The number of rotatable bonds is 7. The summed E-state index contributed by atoms with van der Waals surface area (Å²) < 4.78 is 22.4. The van der Waals surface area contributed by atoms with E-state index in [4.69, 9.17) is 18.9 Å². The Hall–Kier alpha value is -3.67. The normalized spacial score (nSPS) is 15.0. The van der Waals surface area contributed by atoms with Gasteiger partial charge in [0.2, 0.25) is 0 Å². The molecule has 1 atom stereocenters. The average molecular weight is 434 g/mol. The quantitative estimate of drug-likeness (QED) is 0.548. The van der Waals surface area contributed by atoms with Crippen molar-refractivity contribution in [2.24, 2.45) is 0 Å². The summed E-state index contributed by atoms with van der Waals surface area (Å²) in [5.74, 6) is 2.77. The lowest BCUT2D eigenvalue weighted by Gasteiger charge is -2.37. The van der Waals surface area contributed by atoms with Crippen LogP contribution in [0.1, 0.15) is 27.5 Å². The first kappa shape index (κ1) is 21.6. The van der Waals surface area contributed by atoms with Crippen LogP contribution < -0.4 is 18.9 Å². The Balaban J connectivity index is 1.68. The van der Waals surface area contributed by atoms with E-state index in [1.54, 1.807) is 21.3 Å². The van der Waals surface area contributed by atoms with Gasteiger partial charge in [-0.05, 0) is 66.1 Å².